The summed E-state index contributed by atoms with van der Waals surface area (Å²) >= 11 is 0. The number of hydrogen-bond donors (Lipinski definition) is 1. The van der Waals surface area contributed by atoms with Crippen LogP contribution in [-0.2, 0) is 0 Å². The van der Waals surface area contributed by atoms with E-state index in [4.69, 9.17) is 9.47 Å². The molecule has 1 aromatic heterocycles. The first-order chi connectivity index (χ1) is 11.5. The summed E-state index contributed by atoms with van der Waals surface area (Å²) in [5.74, 6) is 1.32. The zero-order chi connectivity index (χ0) is 17.5. The maximum atomic E-state index is 11.0. The molecule has 0 atom stereocenters. The van der Waals surface area contributed by atoms with E-state index in [1.807, 2.05) is 6.92 Å². The Balaban J connectivity index is 2.18. The van der Waals surface area contributed by atoms with Gasteiger partial charge in [-0.2, -0.15) is 5.10 Å². The van der Waals surface area contributed by atoms with Gasteiger partial charge in [-0.05, 0) is 43.7 Å². The Kier molecular flexibility index (Phi) is 5.67. The highest BCUT2D eigenvalue weighted by atomic mass is 16.6. The van der Waals surface area contributed by atoms with Gasteiger partial charge in [-0.1, -0.05) is 0 Å². The fourth-order valence-electron chi connectivity index (χ4n) is 1.99. The van der Waals surface area contributed by atoms with Gasteiger partial charge in [-0.25, -0.2) is 4.98 Å². The number of ether oxygens (including phenoxy) is 2. The molecule has 0 bridgehead atoms. The van der Waals surface area contributed by atoms with Gasteiger partial charge < -0.3 is 9.47 Å². The van der Waals surface area contributed by atoms with Gasteiger partial charge in [-0.15, -0.1) is 0 Å². The van der Waals surface area contributed by atoms with Crippen molar-refractivity contribution < 1.29 is 14.4 Å². The second-order valence-corrected chi connectivity index (χ2v) is 4.79. The number of anilines is 1. The van der Waals surface area contributed by atoms with E-state index in [0.29, 0.717) is 23.8 Å². The van der Waals surface area contributed by atoms with Crippen LogP contribution in [0.2, 0.25) is 0 Å². The number of benzene rings is 1. The van der Waals surface area contributed by atoms with Crippen molar-refractivity contribution in [2.45, 2.75) is 13.8 Å². The molecule has 126 valence electrons. The van der Waals surface area contributed by atoms with Crippen LogP contribution in [0.3, 0.4) is 0 Å². The minimum Gasteiger partial charge on any atom is -0.493 e. The summed E-state index contributed by atoms with van der Waals surface area (Å²) in [6.45, 7) is 4.17. The number of pyridine rings is 1. The van der Waals surface area contributed by atoms with E-state index < -0.39 is 4.92 Å². The summed E-state index contributed by atoms with van der Waals surface area (Å²) in [7, 11) is 1.55. The molecule has 0 aliphatic rings. The van der Waals surface area contributed by atoms with Crippen LogP contribution in [0.25, 0.3) is 0 Å². The first-order valence-electron chi connectivity index (χ1n) is 7.27. The van der Waals surface area contributed by atoms with Gasteiger partial charge in [0.05, 0.1) is 24.9 Å². The molecule has 1 heterocycles. The number of hydrogen-bond acceptors (Lipinski definition) is 7. The normalized spacial score (nSPS) is 10.6. The number of methoxy groups -OCH3 is 1. The zero-order valence-electron chi connectivity index (χ0n) is 13.6. The lowest BCUT2D eigenvalue weighted by Crippen LogP contribution is -2.01. The number of rotatable bonds is 7. The molecule has 24 heavy (non-hydrogen) atoms. The third-order valence-electron chi connectivity index (χ3n) is 3.08. The van der Waals surface area contributed by atoms with Crippen molar-refractivity contribution in [3.05, 3.63) is 51.7 Å². The van der Waals surface area contributed by atoms with Gasteiger partial charge in [0.15, 0.2) is 11.5 Å². The van der Waals surface area contributed by atoms with Crippen molar-refractivity contribution >= 4 is 17.7 Å². The Morgan fingerprint density at radius 2 is 2.12 bits per heavy atom. The average molecular weight is 330 g/mol. The molecule has 1 N–H and O–H groups in total. The third kappa shape index (κ3) is 4.19. The van der Waals surface area contributed by atoms with Crippen molar-refractivity contribution in [3.8, 4) is 11.5 Å². The van der Waals surface area contributed by atoms with E-state index in [-0.39, 0.29) is 11.5 Å². The Labute approximate surface area is 139 Å². The minimum absolute atomic E-state index is 0.0918. The maximum absolute atomic E-state index is 11.0. The molecule has 0 aliphatic heterocycles. The van der Waals surface area contributed by atoms with Crippen LogP contribution in [0, 0.1) is 17.0 Å². The van der Waals surface area contributed by atoms with E-state index in [0.717, 1.165) is 5.56 Å². The van der Waals surface area contributed by atoms with Crippen LogP contribution in [-0.4, -0.2) is 29.8 Å². The van der Waals surface area contributed by atoms with Gasteiger partial charge in [0, 0.05) is 11.8 Å². The van der Waals surface area contributed by atoms with E-state index in [2.05, 4.69) is 15.5 Å². The van der Waals surface area contributed by atoms with Crippen molar-refractivity contribution in [1.29, 1.82) is 0 Å². The third-order valence-corrected chi connectivity index (χ3v) is 3.08. The molecule has 1 aromatic carbocycles. The highest BCUT2D eigenvalue weighted by Gasteiger charge is 2.14. The summed E-state index contributed by atoms with van der Waals surface area (Å²) in [4.78, 5) is 14.6. The summed E-state index contributed by atoms with van der Waals surface area (Å²) in [5, 5.41) is 15.0. The van der Waals surface area contributed by atoms with E-state index in [1.165, 1.54) is 12.3 Å². The van der Waals surface area contributed by atoms with Crippen LogP contribution in [0.15, 0.2) is 35.4 Å². The minimum atomic E-state index is -0.510. The van der Waals surface area contributed by atoms with Gasteiger partial charge in [0.25, 0.3) is 0 Å². The van der Waals surface area contributed by atoms with Gasteiger partial charge >= 0.3 is 5.69 Å². The second kappa shape index (κ2) is 7.91. The largest absolute Gasteiger partial charge is 0.493 e. The number of aryl methyl sites for hydroxylation is 1. The molecule has 0 fully saturated rings. The SMILES string of the molecule is CCOc1ccc(/C=N\Nc2nc(C)ccc2[N+](=O)[O-])cc1OC. The molecule has 2 aromatic rings. The fourth-order valence-corrected chi connectivity index (χ4v) is 1.99. The molecule has 0 aliphatic carbocycles. The van der Waals surface area contributed by atoms with E-state index in [1.54, 1.807) is 38.3 Å². The fraction of sp³-hybridized carbons (Fsp3) is 0.250. The van der Waals surface area contributed by atoms with Gasteiger partial charge in [-0.3, -0.25) is 15.5 Å². The standard InChI is InChI=1S/C16H18N4O4/c1-4-24-14-8-6-12(9-15(14)23-3)10-17-19-16-13(20(21)22)7-5-11(2)18-16/h5-10H,4H2,1-3H3,(H,18,19)/b17-10-. The Morgan fingerprint density at radius 3 is 2.79 bits per heavy atom. The molecule has 2 rings (SSSR count). The maximum Gasteiger partial charge on any atom is 0.313 e. The van der Waals surface area contributed by atoms with Crippen LogP contribution in [0.4, 0.5) is 11.5 Å². The molecule has 0 saturated carbocycles. The Morgan fingerprint density at radius 1 is 1.33 bits per heavy atom. The highest BCUT2D eigenvalue weighted by molar-refractivity contribution is 5.81. The second-order valence-electron chi connectivity index (χ2n) is 4.79. The number of nitrogens with one attached hydrogen (secondary N) is 1. The molecule has 0 amide bonds. The number of aromatic nitrogens is 1. The molecule has 0 spiro atoms. The summed E-state index contributed by atoms with van der Waals surface area (Å²) in [5.41, 5.74) is 3.87. The molecular formula is C16H18N4O4. The Bertz CT molecular complexity index is 762. The van der Waals surface area contributed by atoms with Gasteiger partial charge in [0.1, 0.15) is 0 Å². The van der Waals surface area contributed by atoms with Crippen LogP contribution < -0.4 is 14.9 Å². The van der Waals surface area contributed by atoms with Crippen LogP contribution in [0.5, 0.6) is 11.5 Å². The van der Waals surface area contributed by atoms with Gasteiger partial charge in [0.2, 0.25) is 5.82 Å². The smallest absolute Gasteiger partial charge is 0.313 e. The van der Waals surface area contributed by atoms with Crippen molar-refractivity contribution in [2.75, 3.05) is 19.1 Å². The van der Waals surface area contributed by atoms with Crippen molar-refractivity contribution in [3.63, 3.8) is 0 Å². The molecular weight excluding hydrogens is 312 g/mol. The van der Waals surface area contributed by atoms with Crippen LogP contribution in [0.1, 0.15) is 18.2 Å². The van der Waals surface area contributed by atoms with Crippen molar-refractivity contribution in [2.24, 2.45) is 5.10 Å². The Hall–Kier alpha value is -3.16. The van der Waals surface area contributed by atoms with E-state index in [9.17, 15) is 10.1 Å². The lowest BCUT2D eigenvalue weighted by molar-refractivity contribution is -0.384. The quantitative estimate of drug-likeness (QED) is 0.475. The summed E-state index contributed by atoms with van der Waals surface area (Å²) in [6, 6.07) is 8.30. The molecule has 8 nitrogen and oxygen atoms in total. The lowest BCUT2D eigenvalue weighted by atomic mass is 10.2. The monoisotopic (exact) mass is 330 g/mol. The molecule has 0 radical (unpaired) electrons. The number of nitrogens with zero attached hydrogens (tertiary/aromatic N) is 3. The first kappa shape index (κ1) is 17.2. The van der Waals surface area contributed by atoms with Crippen molar-refractivity contribution in [1.82, 2.24) is 4.98 Å². The zero-order valence-corrected chi connectivity index (χ0v) is 13.6. The summed E-state index contributed by atoms with van der Waals surface area (Å²) in [6.07, 6.45) is 1.52. The van der Waals surface area contributed by atoms with E-state index >= 15 is 0 Å². The van der Waals surface area contributed by atoms with Crippen LogP contribution >= 0.6 is 0 Å². The average Bonchev–Trinajstić information content (AvgIpc) is 2.56. The first-order valence-corrected chi connectivity index (χ1v) is 7.27. The lowest BCUT2D eigenvalue weighted by Gasteiger charge is -2.09. The molecule has 8 heteroatoms. The number of nitro groups is 1. The molecule has 0 unspecified atom stereocenters. The predicted octanol–water partition coefficient (Wildman–Crippen LogP) is 3.15. The topological polar surface area (TPSA) is 98.9 Å². The molecule has 0 saturated heterocycles. The predicted molar refractivity (Wildman–Crippen MR) is 91.0 cm³/mol. The highest BCUT2D eigenvalue weighted by Crippen LogP contribution is 2.27. The number of hydrazone groups is 1. The summed E-state index contributed by atoms with van der Waals surface area (Å²) < 4.78 is 10.7.